The Balaban J connectivity index is 0.000000303. The number of ether oxygens (including phenoxy) is 11. The van der Waals surface area contributed by atoms with Crippen LogP contribution in [0.5, 0.6) is 0 Å². The predicted molar refractivity (Wildman–Crippen MR) is 311 cm³/mol. The Morgan fingerprint density at radius 1 is 0.458 bits per heavy atom. The molecule has 6 aliphatic rings. The SMILES string of the molecule is CC(=O)OCC1O[C@@H](OCC2OCC(C)[C@@H](C)[C@H]2N=[N+]=[N-])C(C)[C@@H](C)[C@@H]1C.CC(=O)OCC1O[C@@H](OCC2OCC(C)[C@@H](O)[C@H]2N=[N+]=[N-])C(C)[C@@H](C)[C@@H]1C.CCC1OCC(C)[C@@H](O)[C@H]1N=[N+]=[N-].CS[C@@H]1OC(COC(C)=O)[C@@H](C)[C@H](C)C1C. The van der Waals surface area contributed by atoms with E-state index in [9.17, 15) is 24.6 Å². The van der Waals surface area contributed by atoms with Gasteiger partial charge in [0, 0.05) is 65.8 Å². The summed E-state index contributed by atoms with van der Waals surface area (Å²) in [5.74, 6) is 2.57. The Bertz CT molecular complexity index is 2030. The summed E-state index contributed by atoms with van der Waals surface area (Å²) >= 11 is 1.73. The number of thioether (sulfide) groups is 1. The summed E-state index contributed by atoms with van der Waals surface area (Å²) in [7, 11) is 0. The first-order chi connectivity index (χ1) is 39.2. The van der Waals surface area contributed by atoms with E-state index in [-0.39, 0.29) is 121 Å². The molecule has 6 heterocycles. The van der Waals surface area contributed by atoms with Gasteiger partial charge in [-0.2, -0.15) is 0 Å². The highest BCUT2D eigenvalue weighted by Crippen LogP contribution is 2.40. The third kappa shape index (κ3) is 21.6. The third-order valence-corrected chi connectivity index (χ3v) is 19.5. The van der Waals surface area contributed by atoms with Gasteiger partial charge in [0.1, 0.15) is 25.3 Å². The lowest BCUT2D eigenvalue weighted by Crippen LogP contribution is -2.52. The molecule has 6 saturated heterocycles. The van der Waals surface area contributed by atoms with Crippen LogP contribution in [-0.2, 0) is 66.5 Å². The van der Waals surface area contributed by atoms with Crippen molar-refractivity contribution in [2.75, 3.05) is 59.1 Å². The zero-order valence-corrected chi connectivity index (χ0v) is 53.3. The average Bonchev–Trinajstić information content (AvgIpc) is 3.51. The number of hydrogen-bond donors (Lipinski definition) is 2. The van der Waals surface area contributed by atoms with Gasteiger partial charge in [-0.25, -0.2) is 0 Å². The van der Waals surface area contributed by atoms with Gasteiger partial charge >= 0.3 is 17.9 Å². The molecule has 0 aromatic carbocycles. The zero-order chi connectivity index (χ0) is 62.4. The van der Waals surface area contributed by atoms with E-state index in [1.54, 1.807) is 11.8 Å². The summed E-state index contributed by atoms with van der Waals surface area (Å²) in [5.41, 5.74) is 26.2. The van der Waals surface area contributed by atoms with Crippen molar-refractivity contribution in [1.82, 2.24) is 0 Å². The fraction of sp³-hybridized carbons (Fsp3) is 0.947. The topological polar surface area (TPSA) is 339 Å². The predicted octanol–water partition coefficient (Wildman–Crippen LogP) is 9.84. The molecule has 25 nitrogen and oxygen atoms in total. The molecule has 83 heavy (non-hydrogen) atoms. The highest BCUT2D eigenvalue weighted by Gasteiger charge is 2.45. The summed E-state index contributed by atoms with van der Waals surface area (Å²) in [4.78, 5) is 41.6. The second-order valence-corrected chi connectivity index (χ2v) is 25.0. The molecule has 0 amide bonds. The quantitative estimate of drug-likeness (QED) is 0.0449. The number of aliphatic hydroxyl groups excluding tert-OH is 2. The van der Waals surface area contributed by atoms with Crippen LogP contribution >= 0.6 is 11.8 Å². The molecule has 0 aliphatic carbocycles. The molecule has 12 unspecified atom stereocenters. The number of rotatable bonds is 17. The molecule has 0 saturated carbocycles. The molecule has 0 bridgehead atoms. The van der Waals surface area contributed by atoms with Gasteiger partial charge in [-0.3, -0.25) is 14.4 Å². The second-order valence-electron chi connectivity index (χ2n) is 24.1. The molecular weight excluding hydrogens is 1100 g/mol. The minimum Gasteiger partial charge on any atom is -0.463 e. The maximum absolute atomic E-state index is 11.1. The van der Waals surface area contributed by atoms with E-state index in [2.05, 4.69) is 112 Å². The molecule has 27 atom stereocenters. The van der Waals surface area contributed by atoms with Crippen molar-refractivity contribution in [3.8, 4) is 0 Å². The van der Waals surface area contributed by atoms with Crippen molar-refractivity contribution in [2.24, 2.45) is 92.3 Å². The van der Waals surface area contributed by atoms with E-state index in [1.807, 2.05) is 20.8 Å². The van der Waals surface area contributed by atoms with Crippen LogP contribution in [0.3, 0.4) is 0 Å². The van der Waals surface area contributed by atoms with Crippen molar-refractivity contribution in [2.45, 2.75) is 209 Å². The van der Waals surface area contributed by atoms with Gasteiger partial charge in [0.15, 0.2) is 12.6 Å². The lowest BCUT2D eigenvalue weighted by molar-refractivity contribution is -0.266. The first-order valence-corrected chi connectivity index (χ1v) is 30.9. The monoisotopic (exact) mass is 1200 g/mol. The van der Waals surface area contributed by atoms with Gasteiger partial charge < -0.3 is 62.3 Å². The van der Waals surface area contributed by atoms with E-state index >= 15 is 0 Å². The Hall–Kier alpha value is -3.71. The highest BCUT2D eigenvalue weighted by molar-refractivity contribution is 7.99. The molecule has 0 aromatic rings. The standard InChI is InChI=1S/C19H33N3O5.C18H31N3O6.C12H22O3S.C8H15N3O2/c1-10-7-25-17(18(11(10)2)21-22-20)9-26-19-14(5)12(3)13(4)16(27-19)8-24-15(6)23;1-9-6-25-15(16(17(9)23)20-21-19)8-26-18-12(4)10(2)11(3)14(27-18)7-24-13(5)22;1-7-8(2)11(6-14-10(4)13)15-12(16-5)9(7)3;1-3-6-7(10-11-9)8(12)5(2)4-13-6/h10-14,16-19H,7-9H2,1-6H3;9-12,14-18,23H,6-8H2,1-5H3;7-9,11-12H,6H2,1-5H3;5-8,12H,3-4H2,1-2H3/t10?,11-,12+,13+,14?,16?,17?,18-,19-;9?,10-,11-,12?,14?,15?,16-,17+,18+;7-,8-,9?,11?,12-;5?,6?,7-,8+/m1000/s1. The Morgan fingerprint density at radius 3 is 1.17 bits per heavy atom. The third-order valence-electron chi connectivity index (χ3n) is 18.5. The van der Waals surface area contributed by atoms with Crippen LogP contribution in [0.25, 0.3) is 31.3 Å². The van der Waals surface area contributed by atoms with E-state index in [0.717, 1.165) is 6.42 Å². The summed E-state index contributed by atoms with van der Waals surface area (Å²) in [6.07, 6.45) is -0.826. The lowest BCUT2D eigenvalue weighted by atomic mass is 9.79. The molecule has 6 aliphatic heterocycles. The maximum atomic E-state index is 11.1. The molecule has 0 radical (unpaired) electrons. The molecule has 0 spiro atoms. The number of esters is 3. The van der Waals surface area contributed by atoms with E-state index in [4.69, 9.17) is 68.7 Å². The summed E-state index contributed by atoms with van der Waals surface area (Å²) < 4.78 is 62.6. The van der Waals surface area contributed by atoms with Crippen LogP contribution < -0.4 is 0 Å². The number of azide groups is 3. The molecule has 2 N–H and O–H groups in total. The molecule has 26 heteroatoms. The van der Waals surface area contributed by atoms with Gasteiger partial charge in [0.2, 0.25) is 0 Å². The molecular formula is C57H101N9O16S. The second kappa shape index (κ2) is 36.4. The Labute approximate surface area is 496 Å². The summed E-state index contributed by atoms with van der Waals surface area (Å²) in [6, 6.07) is -1.39. The van der Waals surface area contributed by atoms with Crippen LogP contribution in [0, 0.1) is 76.9 Å². The normalized spacial score (nSPS) is 41.3. The molecule has 0 aromatic heterocycles. The van der Waals surface area contributed by atoms with Crippen molar-refractivity contribution in [1.29, 1.82) is 0 Å². The highest BCUT2D eigenvalue weighted by atomic mass is 32.2. The molecule has 476 valence electrons. The van der Waals surface area contributed by atoms with Gasteiger partial charge in [0.05, 0.1) is 93.4 Å². The lowest BCUT2D eigenvalue weighted by Gasteiger charge is -2.44. The van der Waals surface area contributed by atoms with Crippen LogP contribution in [0.2, 0.25) is 0 Å². The fourth-order valence-corrected chi connectivity index (χ4v) is 12.1. The van der Waals surface area contributed by atoms with Gasteiger partial charge in [0.25, 0.3) is 0 Å². The first kappa shape index (κ1) is 73.5. The van der Waals surface area contributed by atoms with E-state index in [1.165, 1.54) is 20.8 Å². The van der Waals surface area contributed by atoms with Crippen molar-refractivity contribution in [3.05, 3.63) is 31.3 Å². The van der Waals surface area contributed by atoms with Crippen LogP contribution in [-0.4, -0.2) is 172 Å². The van der Waals surface area contributed by atoms with Crippen molar-refractivity contribution >= 4 is 29.7 Å². The summed E-state index contributed by atoms with van der Waals surface area (Å²) in [6.45, 7) is 36.1. The zero-order valence-electron chi connectivity index (χ0n) is 52.5. The molecule has 6 rings (SSSR count). The largest absolute Gasteiger partial charge is 0.463 e. The smallest absolute Gasteiger partial charge is 0.302 e. The van der Waals surface area contributed by atoms with E-state index in [0.29, 0.717) is 68.5 Å². The van der Waals surface area contributed by atoms with Crippen molar-refractivity contribution in [3.63, 3.8) is 0 Å². The van der Waals surface area contributed by atoms with Gasteiger partial charge in [-0.1, -0.05) is 112 Å². The number of hydrogen-bond acceptors (Lipinski definition) is 20. The fourth-order valence-electron chi connectivity index (χ4n) is 11.2. The first-order valence-electron chi connectivity index (χ1n) is 29.6. The number of aliphatic hydroxyl groups is 2. The number of nitrogens with zero attached hydrogens (tertiary/aromatic N) is 9. The number of carbonyl (C=O) groups is 3. The van der Waals surface area contributed by atoms with E-state index < -0.39 is 43.0 Å². The van der Waals surface area contributed by atoms with Gasteiger partial charge in [-0.05, 0) is 82.5 Å². The van der Waals surface area contributed by atoms with Gasteiger partial charge in [-0.15, -0.1) is 11.8 Å². The van der Waals surface area contributed by atoms with Crippen molar-refractivity contribution < 1.29 is 76.7 Å². The summed E-state index contributed by atoms with van der Waals surface area (Å²) in [5, 5.41) is 31.2. The minimum atomic E-state index is -0.774. The van der Waals surface area contributed by atoms with Crippen LogP contribution in [0.1, 0.15) is 124 Å². The minimum absolute atomic E-state index is 0.0348. The number of carbonyl (C=O) groups excluding carboxylic acids is 3. The Kier molecular flexibility index (Phi) is 32.3. The molecule has 6 fully saturated rings. The van der Waals surface area contributed by atoms with Crippen LogP contribution in [0.15, 0.2) is 15.3 Å². The van der Waals surface area contributed by atoms with Crippen LogP contribution in [0.4, 0.5) is 0 Å². The maximum Gasteiger partial charge on any atom is 0.302 e. The Morgan fingerprint density at radius 2 is 0.795 bits per heavy atom. The average molecular weight is 1200 g/mol.